The lowest BCUT2D eigenvalue weighted by atomic mass is 9.67. The zero-order valence-electron chi connectivity index (χ0n) is 13.3. The van der Waals surface area contributed by atoms with Gasteiger partial charge in [0.25, 0.3) is 0 Å². The quantitative estimate of drug-likeness (QED) is 0.835. The smallest absolute Gasteiger partial charge is 0.0693 e. The van der Waals surface area contributed by atoms with E-state index in [1.807, 2.05) is 11.7 Å². The number of rotatable bonds is 4. The van der Waals surface area contributed by atoms with E-state index in [2.05, 4.69) is 38.0 Å². The minimum absolute atomic E-state index is 0.163. The van der Waals surface area contributed by atoms with Crippen molar-refractivity contribution in [2.75, 3.05) is 0 Å². The van der Waals surface area contributed by atoms with Gasteiger partial charge in [0.2, 0.25) is 0 Å². The second kappa shape index (κ2) is 5.99. The van der Waals surface area contributed by atoms with Gasteiger partial charge in [-0.25, -0.2) is 0 Å². The number of nitrogens with zero attached hydrogens (tertiary/aromatic N) is 3. The minimum Gasteiger partial charge on any atom is -0.272 e. The van der Waals surface area contributed by atoms with Crippen molar-refractivity contribution in [2.45, 2.75) is 59.3 Å². The number of aryl methyl sites for hydroxylation is 2. The van der Waals surface area contributed by atoms with Crippen LogP contribution in [0.5, 0.6) is 0 Å². The van der Waals surface area contributed by atoms with Crippen molar-refractivity contribution in [1.82, 2.24) is 9.78 Å². The van der Waals surface area contributed by atoms with E-state index in [4.69, 9.17) is 0 Å². The zero-order chi connectivity index (χ0) is 14.8. The van der Waals surface area contributed by atoms with Crippen LogP contribution in [-0.2, 0) is 19.9 Å². The maximum Gasteiger partial charge on any atom is 0.0693 e. The molecule has 0 bridgehead atoms. The number of hydrogen-bond acceptors (Lipinski definition) is 2. The molecule has 0 unspecified atom stereocenters. The van der Waals surface area contributed by atoms with Gasteiger partial charge in [0, 0.05) is 19.2 Å². The largest absolute Gasteiger partial charge is 0.272 e. The SMILES string of the molecule is CCc1cc(CC2(C#N)CCC(C(C)C)CC2)n(C)n1. The third-order valence-corrected chi connectivity index (χ3v) is 5.08. The summed E-state index contributed by atoms with van der Waals surface area (Å²) in [5, 5.41) is 14.2. The van der Waals surface area contributed by atoms with E-state index in [9.17, 15) is 5.26 Å². The molecule has 110 valence electrons. The summed E-state index contributed by atoms with van der Waals surface area (Å²) in [6.45, 7) is 6.73. The van der Waals surface area contributed by atoms with Crippen LogP contribution in [0.4, 0.5) is 0 Å². The highest BCUT2D eigenvalue weighted by atomic mass is 15.3. The first-order chi connectivity index (χ1) is 9.49. The molecular weight excluding hydrogens is 246 g/mol. The molecule has 0 amide bonds. The summed E-state index contributed by atoms with van der Waals surface area (Å²) in [4.78, 5) is 0. The molecule has 1 aromatic rings. The molecule has 1 aromatic heterocycles. The molecule has 0 radical (unpaired) electrons. The molecule has 0 aliphatic heterocycles. The first-order valence-corrected chi connectivity index (χ1v) is 7.92. The van der Waals surface area contributed by atoms with Gasteiger partial charge < -0.3 is 0 Å². The van der Waals surface area contributed by atoms with Crippen molar-refractivity contribution >= 4 is 0 Å². The fourth-order valence-electron chi connectivity index (χ4n) is 3.44. The standard InChI is InChI=1S/C17H27N3/c1-5-15-10-16(20(4)19-15)11-17(12-18)8-6-14(7-9-17)13(2)3/h10,13-14H,5-9,11H2,1-4H3. The van der Waals surface area contributed by atoms with Crippen LogP contribution >= 0.6 is 0 Å². The third-order valence-electron chi connectivity index (χ3n) is 5.08. The van der Waals surface area contributed by atoms with E-state index in [-0.39, 0.29) is 5.41 Å². The van der Waals surface area contributed by atoms with Crippen LogP contribution in [-0.4, -0.2) is 9.78 Å². The maximum absolute atomic E-state index is 9.70. The Hall–Kier alpha value is -1.30. The summed E-state index contributed by atoms with van der Waals surface area (Å²) in [5.41, 5.74) is 2.18. The number of aromatic nitrogens is 2. The summed E-state index contributed by atoms with van der Waals surface area (Å²) in [6.07, 6.45) is 6.30. The van der Waals surface area contributed by atoms with E-state index >= 15 is 0 Å². The Morgan fingerprint density at radius 2 is 2.10 bits per heavy atom. The molecule has 0 spiro atoms. The van der Waals surface area contributed by atoms with E-state index in [0.29, 0.717) is 0 Å². The molecule has 20 heavy (non-hydrogen) atoms. The van der Waals surface area contributed by atoms with Crippen molar-refractivity contribution in [3.05, 3.63) is 17.5 Å². The normalized spacial score (nSPS) is 26.7. The molecule has 1 heterocycles. The Morgan fingerprint density at radius 3 is 2.55 bits per heavy atom. The predicted molar refractivity (Wildman–Crippen MR) is 81.1 cm³/mol. The molecule has 0 atom stereocenters. The summed E-state index contributed by atoms with van der Waals surface area (Å²) in [6, 6.07) is 4.81. The highest BCUT2D eigenvalue weighted by Crippen LogP contribution is 2.43. The van der Waals surface area contributed by atoms with E-state index in [1.165, 1.54) is 18.5 Å². The van der Waals surface area contributed by atoms with Gasteiger partial charge in [0.05, 0.1) is 17.2 Å². The molecule has 1 aliphatic carbocycles. The van der Waals surface area contributed by atoms with Crippen molar-refractivity contribution in [1.29, 1.82) is 5.26 Å². The molecule has 1 saturated carbocycles. The minimum atomic E-state index is -0.163. The number of nitriles is 1. The fourth-order valence-corrected chi connectivity index (χ4v) is 3.44. The Balaban J connectivity index is 2.10. The van der Waals surface area contributed by atoms with Gasteiger partial charge in [-0.2, -0.15) is 10.4 Å². The predicted octanol–water partition coefficient (Wildman–Crippen LogP) is 3.88. The van der Waals surface area contributed by atoms with Crippen LogP contribution in [0.2, 0.25) is 0 Å². The molecule has 1 fully saturated rings. The maximum atomic E-state index is 9.70. The molecule has 3 nitrogen and oxygen atoms in total. The summed E-state index contributed by atoms with van der Waals surface area (Å²) >= 11 is 0. The summed E-state index contributed by atoms with van der Waals surface area (Å²) in [5.74, 6) is 1.55. The topological polar surface area (TPSA) is 41.6 Å². The van der Waals surface area contributed by atoms with Crippen LogP contribution in [0.15, 0.2) is 6.07 Å². The Bertz CT molecular complexity index is 485. The molecule has 0 saturated heterocycles. The average molecular weight is 273 g/mol. The summed E-state index contributed by atoms with van der Waals surface area (Å²) in [7, 11) is 2.00. The lowest BCUT2D eigenvalue weighted by Gasteiger charge is -2.36. The monoisotopic (exact) mass is 273 g/mol. The zero-order valence-corrected chi connectivity index (χ0v) is 13.3. The second-order valence-electron chi connectivity index (χ2n) is 6.75. The van der Waals surface area contributed by atoms with Crippen LogP contribution < -0.4 is 0 Å². The van der Waals surface area contributed by atoms with Gasteiger partial charge in [0.1, 0.15) is 0 Å². The fraction of sp³-hybridized carbons (Fsp3) is 0.765. The molecule has 0 aromatic carbocycles. The highest BCUT2D eigenvalue weighted by Gasteiger charge is 2.37. The van der Waals surface area contributed by atoms with Gasteiger partial charge >= 0.3 is 0 Å². The Labute approximate surface area is 123 Å². The molecule has 1 aliphatic rings. The summed E-state index contributed by atoms with van der Waals surface area (Å²) < 4.78 is 1.96. The van der Waals surface area contributed by atoms with Crippen molar-refractivity contribution in [3.8, 4) is 6.07 Å². The van der Waals surface area contributed by atoms with Crippen LogP contribution in [0.1, 0.15) is 57.8 Å². The van der Waals surface area contributed by atoms with Gasteiger partial charge in [-0.1, -0.05) is 20.8 Å². The van der Waals surface area contributed by atoms with Crippen molar-refractivity contribution in [3.63, 3.8) is 0 Å². The van der Waals surface area contributed by atoms with Gasteiger partial charge in [-0.3, -0.25) is 4.68 Å². The molecule has 0 N–H and O–H groups in total. The van der Waals surface area contributed by atoms with E-state index < -0.39 is 0 Å². The second-order valence-corrected chi connectivity index (χ2v) is 6.75. The Morgan fingerprint density at radius 1 is 1.45 bits per heavy atom. The average Bonchev–Trinajstić information content (AvgIpc) is 2.79. The van der Waals surface area contributed by atoms with Crippen LogP contribution in [0.3, 0.4) is 0 Å². The lowest BCUT2D eigenvalue weighted by Crippen LogP contribution is -2.30. The first kappa shape index (κ1) is 15.1. The third kappa shape index (κ3) is 3.06. The van der Waals surface area contributed by atoms with Gasteiger partial charge in [-0.05, 0) is 50.0 Å². The van der Waals surface area contributed by atoms with E-state index in [1.54, 1.807) is 0 Å². The Kier molecular flexibility index (Phi) is 4.52. The number of hydrogen-bond donors (Lipinski definition) is 0. The molecule has 3 heteroatoms. The highest BCUT2D eigenvalue weighted by molar-refractivity contribution is 5.16. The van der Waals surface area contributed by atoms with E-state index in [0.717, 1.165) is 43.2 Å². The van der Waals surface area contributed by atoms with Crippen LogP contribution in [0, 0.1) is 28.6 Å². The van der Waals surface area contributed by atoms with Gasteiger partial charge in [-0.15, -0.1) is 0 Å². The molecular formula is C17H27N3. The van der Waals surface area contributed by atoms with Gasteiger partial charge in [0.15, 0.2) is 0 Å². The molecule has 2 rings (SSSR count). The first-order valence-electron chi connectivity index (χ1n) is 7.92. The van der Waals surface area contributed by atoms with Crippen LogP contribution in [0.25, 0.3) is 0 Å². The van der Waals surface area contributed by atoms with Crippen molar-refractivity contribution < 1.29 is 0 Å². The van der Waals surface area contributed by atoms with Crippen molar-refractivity contribution in [2.24, 2.45) is 24.3 Å². The lowest BCUT2D eigenvalue weighted by molar-refractivity contribution is 0.173.